The van der Waals surface area contributed by atoms with Gasteiger partial charge in [-0.3, -0.25) is 4.79 Å². The van der Waals surface area contributed by atoms with Crippen molar-refractivity contribution in [3.63, 3.8) is 0 Å². The minimum Gasteiger partial charge on any atom is -0.459 e. The number of nitrogens with two attached hydrogens (primary N) is 1. The fourth-order valence-corrected chi connectivity index (χ4v) is 1.35. The van der Waals surface area contributed by atoms with Crippen molar-refractivity contribution < 1.29 is 9.53 Å². The highest BCUT2D eigenvalue weighted by molar-refractivity contribution is 5.77. The zero-order chi connectivity index (χ0) is 13.2. The van der Waals surface area contributed by atoms with E-state index in [4.69, 9.17) is 10.5 Å². The van der Waals surface area contributed by atoms with Crippen LogP contribution in [-0.2, 0) is 16.6 Å². The SMILES string of the molecule is Cn1cccc([C@H](N)C(=O)OC(C)(C)C)c1=O. The van der Waals surface area contributed by atoms with Crippen molar-refractivity contribution in [2.45, 2.75) is 32.4 Å². The van der Waals surface area contributed by atoms with E-state index in [9.17, 15) is 9.59 Å². The molecule has 0 bridgehead atoms. The molecule has 1 heterocycles. The summed E-state index contributed by atoms with van der Waals surface area (Å²) < 4.78 is 6.51. The van der Waals surface area contributed by atoms with Crippen LogP contribution in [0.15, 0.2) is 23.1 Å². The molecule has 0 aliphatic heterocycles. The van der Waals surface area contributed by atoms with Crippen LogP contribution in [0.4, 0.5) is 0 Å². The molecule has 0 unspecified atom stereocenters. The zero-order valence-corrected chi connectivity index (χ0v) is 10.6. The fraction of sp³-hybridized carbons (Fsp3) is 0.500. The van der Waals surface area contributed by atoms with Gasteiger partial charge in [-0.25, -0.2) is 4.79 Å². The predicted octanol–water partition coefficient (Wildman–Crippen LogP) is 0.727. The summed E-state index contributed by atoms with van der Waals surface area (Å²) in [6.45, 7) is 5.25. The molecule has 17 heavy (non-hydrogen) atoms. The summed E-state index contributed by atoms with van der Waals surface area (Å²) in [5.74, 6) is -0.596. The molecule has 0 saturated carbocycles. The summed E-state index contributed by atoms with van der Waals surface area (Å²) in [5.41, 5.74) is 5.07. The Labute approximate surface area is 100 Å². The van der Waals surface area contributed by atoms with Crippen molar-refractivity contribution in [1.82, 2.24) is 4.57 Å². The quantitative estimate of drug-likeness (QED) is 0.771. The lowest BCUT2D eigenvalue weighted by atomic mass is 10.1. The highest BCUT2D eigenvalue weighted by atomic mass is 16.6. The van der Waals surface area contributed by atoms with E-state index in [-0.39, 0.29) is 11.1 Å². The topological polar surface area (TPSA) is 74.3 Å². The van der Waals surface area contributed by atoms with Crippen LogP contribution in [0.2, 0.25) is 0 Å². The van der Waals surface area contributed by atoms with Crippen molar-refractivity contribution >= 4 is 5.97 Å². The lowest BCUT2D eigenvalue weighted by Crippen LogP contribution is -2.35. The second-order valence-corrected chi connectivity index (χ2v) is 4.89. The standard InChI is InChI=1S/C12H18N2O3/c1-12(2,3)17-11(16)9(13)8-6-5-7-14(4)10(8)15/h5-7,9H,13H2,1-4H3/t9-/m0/s1. The smallest absolute Gasteiger partial charge is 0.328 e. The van der Waals surface area contributed by atoms with E-state index in [2.05, 4.69) is 0 Å². The largest absolute Gasteiger partial charge is 0.459 e. The molecular formula is C12H18N2O3. The van der Waals surface area contributed by atoms with Gasteiger partial charge in [0.2, 0.25) is 0 Å². The van der Waals surface area contributed by atoms with E-state index in [0.29, 0.717) is 0 Å². The zero-order valence-electron chi connectivity index (χ0n) is 10.6. The Balaban J connectivity index is 2.97. The minimum absolute atomic E-state index is 0.240. The maximum absolute atomic E-state index is 11.8. The Kier molecular flexibility index (Phi) is 3.72. The van der Waals surface area contributed by atoms with E-state index in [1.54, 1.807) is 40.1 Å². The van der Waals surface area contributed by atoms with Gasteiger partial charge >= 0.3 is 5.97 Å². The number of ether oxygens (including phenoxy) is 1. The van der Waals surface area contributed by atoms with Crippen LogP contribution in [0.5, 0.6) is 0 Å². The number of hydrogen-bond donors (Lipinski definition) is 1. The molecule has 0 aromatic carbocycles. The van der Waals surface area contributed by atoms with Crippen LogP contribution >= 0.6 is 0 Å². The lowest BCUT2D eigenvalue weighted by Gasteiger charge is -2.22. The highest BCUT2D eigenvalue weighted by Crippen LogP contribution is 2.13. The Bertz CT molecular complexity index is 471. The van der Waals surface area contributed by atoms with Gasteiger partial charge in [0.1, 0.15) is 11.6 Å². The van der Waals surface area contributed by atoms with Crippen LogP contribution < -0.4 is 11.3 Å². The molecule has 0 spiro atoms. The summed E-state index contributed by atoms with van der Waals surface area (Å²) in [6, 6.07) is 2.16. The molecule has 2 N–H and O–H groups in total. The molecule has 94 valence electrons. The van der Waals surface area contributed by atoms with Crippen LogP contribution in [-0.4, -0.2) is 16.1 Å². The summed E-state index contributed by atoms with van der Waals surface area (Å²) >= 11 is 0. The van der Waals surface area contributed by atoms with Gasteiger partial charge in [-0.05, 0) is 32.9 Å². The molecule has 0 saturated heterocycles. The van der Waals surface area contributed by atoms with Crippen LogP contribution in [0, 0.1) is 0 Å². The van der Waals surface area contributed by atoms with Crippen molar-refractivity contribution in [1.29, 1.82) is 0 Å². The van der Waals surface area contributed by atoms with E-state index in [1.807, 2.05) is 0 Å². The Morgan fingerprint density at radius 2 is 2.06 bits per heavy atom. The second-order valence-electron chi connectivity index (χ2n) is 4.89. The molecule has 0 fully saturated rings. The number of aryl methyl sites for hydroxylation is 1. The van der Waals surface area contributed by atoms with E-state index >= 15 is 0 Å². The normalized spacial score (nSPS) is 13.2. The van der Waals surface area contributed by atoms with Gasteiger partial charge in [0.25, 0.3) is 5.56 Å². The molecule has 0 aliphatic carbocycles. The maximum atomic E-state index is 11.8. The average Bonchev–Trinajstić information content (AvgIpc) is 2.18. The molecule has 5 nitrogen and oxygen atoms in total. The number of esters is 1. The van der Waals surface area contributed by atoms with Crippen LogP contribution in [0.1, 0.15) is 32.4 Å². The number of pyridine rings is 1. The molecule has 0 radical (unpaired) electrons. The van der Waals surface area contributed by atoms with E-state index in [0.717, 1.165) is 0 Å². The van der Waals surface area contributed by atoms with Gasteiger partial charge in [-0.15, -0.1) is 0 Å². The molecule has 1 aromatic rings. The van der Waals surface area contributed by atoms with Crippen molar-refractivity contribution in [2.75, 3.05) is 0 Å². The van der Waals surface area contributed by atoms with Crippen molar-refractivity contribution in [2.24, 2.45) is 12.8 Å². The number of aromatic nitrogens is 1. The van der Waals surface area contributed by atoms with E-state index in [1.165, 1.54) is 10.6 Å². The number of carbonyl (C=O) groups is 1. The van der Waals surface area contributed by atoms with Gasteiger partial charge in [0, 0.05) is 18.8 Å². The fourth-order valence-electron chi connectivity index (χ4n) is 1.35. The van der Waals surface area contributed by atoms with Crippen LogP contribution in [0.25, 0.3) is 0 Å². The van der Waals surface area contributed by atoms with Gasteiger partial charge < -0.3 is 15.0 Å². The van der Waals surface area contributed by atoms with Gasteiger partial charge in [-0.1, -0.05) is 0 Å². The first-order valence-corrected chi connectivity index (χ1v) is 5.36. The second kappa shape index (κ2) is 4.71. The maximum Gasteiger partial charge on any atom is 0.328 e. The monoisotopic (exact) mass is 238 g/mol. The van der Waals surface area contributed by atoms with Gasteiger partial charge in [-0.2, -0.15) is 0 Å². The third-order valence-corrected chi connectivity index (χ3v) is 2.15. The minimum atomic E-state index is -1.05. The third kappa shape index (κ3) is 3.42. The molecule has 0 aliphatic rings. The average molecular weight is 238 g/mol. The summed E-state index contributed by atoms with van der Waals surface area (Å²) in [4.78, 5) is 23.5. The molecule has 1 rings (SSSR count). The third-order valence-electron chi connectivity index (χ3n) is 2.15. The molecular weight excluding hydrogens is 220 g/mol. The summed E-state index contributed by atoms with van der Waals surface area (Å²) in [5, 5.41) is 0. The van der Waals surface area contributed by atoms with Gasteiger partial charge in [0.15, 0.2) is 0 Å². The molecule has 1 aromatic heterocycles. The Morgan fingerprint density at radius 1 is 1.47 bits per heavy atom. The van der Waals surface area contributed by atoms with Crippen molar-refractivity contribution in [3.05, 3.63) is 34.2 Å². The summed E-state index contributed by atoms with van der Waals surface area (Å²) in [7, 11) is 1.60. The first-order valence-electron chi connectivity index (χ1n) is 5.36. The van der Waals surface area contributed by atoms with Crippen molar-refractivity contribution in [3.8, 4) is 0 Å². The number of rotatable bonds is 2. The summed E-state index contributed by atoms with van der Waals surface area (Å²) in [6.07, 6.45) is 1.60. The first-order chi connectivity index (χ1) is 7.72. The predicted molar refractivity (Wildman–Crippen MR) is 64.5 cm³/mol. The molecule has 5 heteroatoms. The molecule has 1 atom stereocenters. The highest BCUT2D eigenvalue weighted by Gasteiger charge is 2.25. The van der Waals surface area contributed by atoms with E-state index < -0.39 is 17.6 Å². The Hall–Kier alpha value is -1.62. The number of nitrogens with zero attached hydrogens (tertiary/aromatic N) is 1. The lowest BCUT2D eigenvalue weighted by molar-refractivity contribution is -0.156. The van der Waals surface area contributed by atoms with Gasteiger partial charge in [0.05, 0.1) is 0 Å². The number of hydrogen-bond acceptors (Lipinski definition) is 4. The molecule has 0 amide bonds. The first kappa shape index (κ1) is 13.4. The van der Waals surface area contributed by atoms with Crippen LogP contribution in [0.3, 0.4) is 0 Å². The number of carbonyl (C=O) groups excluding carboxylic acids is 1. The Morgan fingerprint density at radius 3 is 2.59 bits per heavy atom.